The van der Waals surface area contributed by atoms with Crippen molar-refractivity contribution in [1.82, 2.24) is 0 Å². The molecule has 84 valence electrons. The molecule has 0 aromatic heterocycles. The lowest BCUT2D eigenvalue weighted by molar-refractivity contribution is -0.137. The van der Waals surface area contributed by atoms with Crippen LogP contribution in [0.2, 0.25) is 0 Å². The van der Waals surface area contributed by atoms with Crippen LogP contribution >= 0.6 is 0 Å². The van der Waals surface area contributed by atoms with Gasteiger partial charge in [0.15, 0.2) is 0 Å². The van der Waals surface area contributed by atoms with Gasteiger partial charge in [-0.05, 0) is 24.3 Å². The highest BCUT2D eigenvalue weighted by atomic mass is 32.2. The number of hydrogen-bond acceptors (Lipinski definition) is 3. The number of alkyl halides is 3. The Morgan fingerprint density at radius 3 is 1.93 bits per heavy atom. The largest absolute Gasteiger partial charge is 0.416 e. The van der Waals surface area contributed by atoms with E-state index in [2.05, 4.69) is 0 Å². The predicted molar refractivity (Wildman–Crippen MR) is 45.7 cm³/mol. The summed E-state index contributed by atoms with van der Waals surface area (Å²) in [5, 5.41) is 8.47. The number of aliphatic hydroxyl groups is 1. The first-order chi connectivity index (χ1) is 6.77. The zero-order valence-corrected chi connectivity index (χ0v) is 8.14. The van der Waals surface area contributed by atoms with Crippen LogP contribution in [0.15, 0.2) is 29.2 Å². The third kappa shape index (κ3) is 2.69. The summed E-state index contributed by atoms with van der Waals surface area (Å²) in [5.74, 6) is -1.13. The number of aliphatic hydroxyl groups excluding tert-OH is 1. The molecule has 0 saturated heterocycles. The molecule has 0 aliphatic rings. The first-order valence-electron chi connectivity index (χ1n) is 3.78. The zero-order valence-electron chi connectivity index (χ0n) is 7.32. The normalized spacial score (nSPS) is 12.8. The summed E-state index contributed by atoms with van der Waals surface area (Å²) in [5.41, 5.74) is -0.931. The van der Waals surface area contributed by atoms with E-state index in [-0.39, 0.29) is 4.90 Å². The van der Waals surface area contributed by atoms with E-state index in [1.165, 1.54) is 0 Å². The second-order valence-corrected chi connectivity index (χ2v) is 4.73. The molecule has 0 saturated carbocycles. The molecule has 0 amide bonds. The molecule has 0 bridgehead atoms. The maximum Gasteiger partial charge on any atom is 0.416 e. The number of sulfone groups is 1. The lowest BCUT2D eigenvalue weighted by atomic mass is 10.2. The van der Waals surface area contributed by atoms with Crippen molar-refractivity contribution in [3.05, 3.63) is 29.8 Å². The van der Waals surface area contributed by atoms with E-state index in [1.54, 1.807) is 0 Å². The minimum atomic E-state index is -4.50. The molecule has 1 N–H and O–H groups in total. The van der Waals surface area contributed by atoms with Crippen LogP contribution in [0.5, 0.6) is 0 Å². The summed E-state index contributed by atoms with van der Waals surface area (Å²) in [7, 11) is -3.87. The van der Waals surface area contributed by atoms with Gasteiger partial charge in [-0.2, -0.15) is 13.2 Å². The standard InChI is InChI=1S/C8H7F3O3S/c9-8(10,11)6-1-3-7(4-2-6)15(13,14)5-12/h1-4,12H,5H2. The molecule has 1 rings (SSSR count). The van der Waals surface area contributed by atoms with Crippen molar-refractivity contribution < 1.29 is 26.7 Å². The average Bonchev–Trinajstić information content (AvgIpc) is 2.17. The summed E-state index contributed by atoms with van der Waals surface area (Å²) in [6.07, 6.45) is -4.50. The molecule has 0 atom stereocenters. The Hall–Kier alpha value is -1.08. The van der Waals surface area contributed by atoms with Gasteiger partial charge in [-0.25, -0.2) is 8.42 Å². The first kappa shape index (κ1) is 12.0. The minimum absolute atomic E-state index is 0.335. The molecular formula is C8H7F3O3S. The van der Waals surface area contributed by atoms with Gasteiger partial charge in [-0.15, -0.1) is 0 Å². The van der Waals surface area contributed by atoms with Crippen LogP contribution in [-0.2, 0) is 16.0 Å². The maximum atomic E-state index is 12.1. The Bertz CT molecular complexity index is 433. The van der Waals surface area contributed by atoms with Crippen LogP contribution in [-0.4, -0.2) is 19.5 Å². The van der Waals surface area contributed by atoms with Gasteiger partial charge in [0.2, 0.25) is 9.84 Å². The van der Waals surface area contributed by atoms with Crippen LogP contribution in [0.25, 0.3) is 0 Å². The molecule has 0 spiro atoms. The van der Waals surface area contributed by atoms with Crippen LogP contribution in [0, 0.1) is 0 Å². The monoisotopic (exact) mass is 240 g/mol. The molecule has 15 heavy (non-hydrogen) atoms. The van der Waals surface area contributed by atoms with Gasteiger partial charge in [0.05, 0.1) is 10.5 Å². The highest BCUT2D eigenvalue weighted by Crippen LogP contribution is 2.29. The van der Waals surface area contributed by atoms with Crippen molar-refractivity contribution in [1.29, 1.82) is 0 Å². The Morgan fingerprint density at radius 2 is 1.60 bits per heavy atom. The molecule has 0 radical (unpaired) electrons. The highest BCUT2D eigenvalue weighted by Gasteiger charge is 2.30. The lowest BCUT2D eigenvalue weighted by Gasteiger charge is -2.07. The highest BCUT2D eigenvalue weighted by molar-refractivity contribution is 7.91. The number of benzene rings is 1. The SMILES string of the molecule is O=S(=O)(CO)c1ccc(C(F)(F)F)cc1. The van der Waals surface area contributed by atoms with E-state index < -0.39 is 27.5 Å². The van der Waals surface area contributed by atoms with Gasteiger partial charge in [-0.3, -0.25) is 0 Å². The van der Waals surface area contributed by atoms with E-state index in [0.717, 1.165) is 12.1 Å². The van der Waals surface area contributed by atoms with Crippen molar-refractivity contribution >= 4 is 9.84 Å². The maximum absolute atomic E-state index is 12.1. The van der Waals surface area contributed by atoms with E-state index in [0.29, 0.717) is 12.1 Å². The molecule has 0 fully saturated rings. The molecule has 0 aliphatic heterocycles. The van der Waals surface area contributed by atoms with Crippen LogP contribution in [0.3, 0.4) is 0 Å². The second kappa shape index (κ2) is 3.82. The summed E-state index contributed by atoms with van der Waals surface area (Å²) in [6, 6.07) is 2.94. The number of hydrogen-bond donors (Lipinski definition) is 1. The first-order valence-corrected chi connectivity index (χ1v) is 5.43. The molecule has 1 aromatic rings. The van der Waals surface area contributed by atoms with Gasteiger partial charge in [-0.1, -0.05) is 0 Å². The van der Waals surface area contributed by atoms with Crippen molar-refractivity contribution in [3.8, 4) is 0 Å². The Balaban J connectivity index is 3.12. The predicted octanol–water partition coefficient (Wildman–Crippen LogP) is 1.43. The molecule has 7 heteroatoms. The molecule has 1 aromatic carbocycles. The summed E-state index contributed by atoms with van der Waals surface area (Å²) in [6.45, 7) is 0. The van der Waals surface area contributed by atoms with E-state index >= 15 is 0 Å². The van der Waals surface area contributed by atoms with Crippen molar-refractivity contribution in [2.24, 2.45) is 0 Å². The van der Waals surface area contributed by atoms with Gasteiger partial charge >= 0.3 is 6.18 Å². The minimum Gasteiger partial charge on any atom is -0.380 e. The fraction of sp³-hybridized carbons (Fsp3) is 0.250. The van der Waals surface area contributed by atoms with Crippen LogP contribution in [0.4, 0.5) is 13.2 Å². The van der Waals surface area contributed by atoms with Gasteiger partial charge in [0.25, 0.3) is 0 Å². The van der Waals surface area contributed by atoms with Gasteiger partial charge < -0.3 is 5.11 Å². The molecule has 0 unspecified atom stereocenters. The smallest absolute Gasteiger partial charge is 0.380 e. The Labute approximate surface area is 84.1 Å². The summed E-state index contributed by atoms with van der Waals surface area (Å²) in [4.78, 5) is -0.335. The van der Waals surface area contributed by atoms with E-state index in [4.69, 9.17) is 5.11 Å². The molecule has 0 aliphatic carbocycles. The van der Waals surface area contributed by atoms with Gasteiger partial charge in [0, 0.05) is 0 Å². The third-order valence-corrected chi connectivity index (χ3v) is 3.04. The van der Waals surface area contributed by atoms with Crippen molar-refractivity contribution in [2.45, 2.75) is 11.1 Å². The fourth-order valence-electron chi connectivity index (χ4n) is 0.926. The molecule has 3 nitrogen and oxygen atoms in total. The zero-order chi connectivity index (χ0) is 11.7. The quantitative estimate of drug-likeness (QED) is 0.850. The van der Waals surface area contributed by atoms with Gasteiger partial charge in [0.1, 0.15) is 5.94 Å². The average molecular weight is 240 g/mol. The second-order valence-electron chi connectivity index (χ2n) is 2.77. The summed E-state index contributed by atoms with van der Waals surface area (Å²) < 4.78 is 58.4. The summed E-state index contributed by atoms with van der Waals surface area (Å²) >= 11 is 0. The lowest BCUT2D eigenvalue weighted by Crippen LogP contribution is -2.08. The van der Waals surface area contributed by atoms with E-state index in [9.17, 15) is 21.6 Å². The molecular weight excluding hydrogens is 233 g/mol. The van der Waals surface area contributed by atoms with Crippen LogP contribution < -0.4 is 0 Å². The topological polar surface area (TPSA) is 54.4 Å². The fourth-order valence-corrected chi connectivity index (χ4v) is 1.63. The Kier molecular flexibility index (Phi) is 3.05. The number of rotatable bonds is 2. The van der Waals surface area contributed by atoms with Crippen LogP contribution in [0.1, 0.15) is 5.56 Å². The number of halogens is 3. The Morgan fingerprint density at radius 1 is 1.13 bits per heavy atom. The molecule has 0 heterocycles. The third-order valence-electron chi connectivity index (χ3n) is 1.71. The van der Waals surface area contributed by atoms with Crippen molar-refractivity contribution in [2.75, 3.05) is 5.94 Å². The van der Waals surface area contributed by atoms with Crippen molar-refractivity contribution in [3.63, 3.8) is 0 Å². The van der Waals surface area contributed by atoms with E-state index in [1.807, 2.05) is 0 Å².